The summed E-state index contributed by atoms with van der Waals surface area (Å²) in [6.07, 6.45) is 2.42. The van der Waals surface area contributed by atoms with Gasteiger partial charge in [-0.25, -0.2) is 4.79 Å². The van der Waals surface area contributed by atoms with Gasteiger partial charge in [-0.3, -0.25) is 4.79 Å². The fourth-order valence-corrected chi connectivity index (χ4v) is 2.99. The van der Waals surface area contributed by atoms with Crippen LogP contribution in [-0.4, -0.2) is 54.2 Å². The highest BCUT2D eigenvalue weighted by Crippen LogP contribution is 2.27. The SMILES string of the molecule is CC(CNC(=O)NC1CN2CCC1CC2)CC(=O)O. The first-order valence-corrected chi connectivity index (χ1v) is 7.03. The third-order valence-corrected chi connectivity index (χ3v) is 4.11. The van der Waals surface area contributed by atoms with Gasteiger partial charge in [-0.15, -0.1) is 0 Å². The Morgan fingerprint density at radius 2 is 2.05 bits per heavy atom. The molecule has 3 aliphatic heterocycles. The highest BCUT2D eigenvalue weighted by atomic mass is 16.4. The monoisotopic (exact) mass is 269 g/mol. The second kappa shape index (κ2) is 6.23. The Balaban J connectivity index is 1.68. The highest BCUT2D eigenvalue weighted by Gasteiger charge is 2.34. The molecule has 6 heteroatoms. The number of piperidine rings is 3. The van der Waals surface area contributed by atoms with E-state index in [1.807, 2.05) is 6.92 Å². The normalized spacial score (nSPS) is 30.7. The predicted molar refractivity (Wildman–Crippen MR) is 70.9 cm³/mol. The molecule has 19 heavy (non-hydrogen) atoms. The van der Waals surface area contributed by atoms with Crippen LogP contribution in [0.25, 0.3) is 0 Å². The van der Waals surface area contributed by atoms with E-state index in [-0.39, 0.29) is 24.4 Å². The van der Waals surface area contributed by atoms with E-state index in [1.54, 1.807) is 0 Å². The quantitative estimate of drug-likeness (QED) is 0.678. The summed E-state index contributed by atoms with van der Waals surface area (Å²) in [5.74, 6) is -0.269. The van der Waals surface area contributed by atoms with Crippen molar-refractivity contribution in [1.82, 2.24) is 15.5 Å². The van der Waals surface area contributed by atoms with Crippen molar-refractivity contribution >= 4 is 12.0 Å². The molecule has 3 saturated heterocycles. The van der Waals surface area contributed by atoms with Crippen LogP contribution >= 0.6 is 0 Å². The molecular weight excluding hydrogens is 246 g/mol. The molecule has 3 N–H and O–H groups in total. The minimum atomic E-state index is -0.827. The zero-order chi connectivity index (χ0) is 13.8. The second-order valence-electron chi connectivity index (χ2n) is 5.80. The molecule has 6 nitrogen and oxygen atoms in total. The fourth-order valence-electron chi connectivity index (χ4n) is 2.99. The third-order valence-electron chi connectivity index (χ3n) is 4.11. The smallest absolute Gasteiger partial charge is 0.315 e. The number of urea groups is 1. The van der Waals surface area contributed by atoms with Crippen LogP contribution in [0.2, 0.25) is 0 Å². The molecule has 0 saturated carbocycles. The van der Waals surface area contributed by atoms with Gasteiger partial charge >= 0.3 is 12.0 Å². The molecule has 0 aromatic rings. The lowest BCUT2D eigenvalue weighted by atomic mass is 9.84. The lowest BCUT2D eigenvalue weighted by Crippen LogP contribution is -2.58. The topological polar surface area (TPSA) is 81.7 Å². The van der Waals surface area contributed by atoms with E-state index in [0.717, 1.165) is 19.6 Å². The minimum Gasteiger partial charge on any atom is -0.481 e. The summed E-state index contributed by atoms with van der Waals surface area (Å²) in [6.45, 7) is 5.48. The molecule has 0 aromatic carbocycles. The average molecular weight is 269 g/mol. The van der Waals surface area contributed by atoms with Gasteiger partial charge in [-0.2, -0.15) is 0 Å². The van der Waals surface area contributed by atoms with Crippen LogP contribution in [0, 0.1) is 11.8 Å². The Morgan fingerprint density at radius 1 is 1.37 bits per heavy atom. The molecule has 3 heterocycles. The van der Waals surface area contributed by atoms with Gasteiger partial charge in [0.2, 0.25) is 0 Å². The molecule has 0 radical (unpaired) electrons. The number of rotatable bonds is 5. The van der Waals surface area contributed by atoms with Crippen LogP contribution in [0.1, 0.15) is 26.2 Å². The standard InChI is InChI=1S/C13H23N3O3/c1-9(6-12(17)18)7-14-13(19)15-11-8-16-4-2-10(11)3-5-16/h9-11H,2-8H2,1H3,(H,17,18)(H2,14,15,19). The zero-order valence-corrected chi connectivity index (χ0v) is 11.4. The molecule has 2 amide bonds. The van der Waals surface area contributed by atoms with E-state index in [1.165, 1.54) is 12.8 Å². The van der Waals surface area contributed by atoms with Gasteiger partial charge in [0, 0.05) is 25.6 Å². The number of aliphatic carboxylic acids is 1. The maximum atomic E-state index is 11.8. The van der Waals surface area contributed by atoms with Crippen LogP contribution in [-0.2, 0) is 4.79 Å². The van der Waals surface area contributed by atoms with Crippen LogP contribution in [0.5, 0.6) is 0 Å². The summed E-state index contributed by atoms with van der Waals surface area (Å²) >= 11 is 0. The van der Waals surface area contributed by atoms with Crippen LogP contribution in [0.15, 0.2) is 0 Å². The van der Waals surface area contributed by atoms with Gasteiger partial charge in [0.25, 0.3) is 0 Å². The summed E-state index contributed by atoms with van der Waals surface area (Å²) in [4.78, 5) is 24.7. The first-order valence-electron chi connectivity index (χ1n) is 7.03. The van der Waals surface area contributed by atoms with E-state index < -0.39 is 5.97 Å². The van der Waals surface area contributed by atoms with Crippen LogP contribution in [0.3, 0.4) is 0 Å². The Hall–Kier alpha value is -1.30. The minimum absolute atomic E-state index is 0.0465. The van der Waals surface area contributed by atoms with E-state index in [4.69, 9.17) is 5.11 Å². The third kappa shape index (κ3) is 4.09. The number of fused-ring (bicyclic) bond motifs is 3. The first kappa shape index (κ1) is 14.1. The van der Waals surface area contributed by atoms with E-state index in [2.05, 4.69) is 15.5 Å². The van der Waals surface area contributed by atoms with Crippen molar-refractivity contribution in [3.8, 4) is 0 Å². The molecule has 3 aliphatic rings. The number of carbonyl (C=O) groups excluding carboxylic acids is 1. The van der Waals surface area contributed by atoms with E-state index >= 15 is 0 Å². The second-order valence-corrected chi connectivity index (χ2v) is 5.80. The summed E-state index contributed by atoms with van der Waals surface area (Å²) in [7, 11) is 0. The van der Waals surface area contributed by atoms with Crippen molar-refractivity contribution in [2.24, 2.45) is 11.8 Å². The van der Waals surface area contributed by atoms with Gasteiger partial charge in [-0.1, -0.05) is 6.92 Å². The van der Waals surface area contributed by atoms with E-state index in [9.17, 15) is 9.59 Å². The average Bonchev–Trinajstić information content (AvgIpc) is 2.37. The fraction of sp³-hybridized carbons (Fsp3) is 0.846. The molecule has 2 bridgehead atoms. The Morgan fingerprint density at radius 3 is 2.58 bits per heavy atom. The van der Waals surface area contributed by atoms with Crippen LogP contribution in [0.4, 0.5) is 4.79 Å². The number of nitrogens with one attached hydrogen (secondary N) is 2. The Bertz CT molecular complexity index is 340. The van der Waals surface area contributed by atoms with Crippen molar-refractivity contribution in [3.05, 3.63) is 0 Å². The lowest BCUT2D eigenvalue weighted by molar-refractivity contribution is -0.137. The molecule has 0 spiro atoms. The number of hydrogen-bond donors (Lipinski definition) is 3. The lowest BCUT2D eigenvalue weighted by Gasteiger charge is -2.44. The maximum Gasteiger partial charge on any atom is 0.315 e. The van der Waals surface area contributed by atoms with E-state index in [0.29, 0.717) is 12.5 Å². The molecular formula is C13H23N3O3. The van der Waals surface area contributed by atoms with Crippen molar-refractivity contribution in [2.75, 3.05) is 26.2 Å². The highest BCUT2D eigenvalue weighted by molar-refractivity contribution is 5.74. The Kier molecular flexibility index (Phi) is 4.63. The molecule has 3 fully saturated rings. The Labute approximate surface area is 113 Å². The summed E-state index contributed by atoms with van der Waals surface area (Å²) in [6, 6.07) is 0.0771. The molecule has 0 aliphatic carbocycles. The van der Waals surface area contributed by atoms with Gasteiger partial charge in [0.15, 0.2) is 0 Å². The molecule has 2 unspecified atom stereocenters. The van der Waals surface area contributed by atoms with Gasteiger partial charge < -0.3 is 20.6 Å². The molecule has 0 aromatic heterocycles. The van der Waals surface area contributed by atoms with Crippen molar-refractivity contribution in [3.63, 3.8) is 0 Å². The van der Waals surface area contributed by atoms with Crippen LogP contribution < -0.4 is 10.6 Å². The first-order chi connectivity index (χ1) is 9.04. The largest absolute Gasteiger partial charge is 0.481 e. The predicted octanol–water partition coefficient (Wildman–Crippen LogP) is 0.491. The number of carbonyl (C=O) groups is 2. The number of carboxylic acids is 1. The van der Waals surface area contributed by atoms with Crippen molar-refractivity contribution in [1.29, 1.82) is 0 Å². The zero-order valence-electron chi connectivity index (χ0n) is 11.4. The number of hydrogen-bond acceptors (Lipinski definition) is 3. The molecule has 3 rings (SSSR count). The summed E-state index contributed by atoms with van der Waals surface area (Å²) < 4.78 is 0. The summed E-state index contributed by atoms with van der Waals surface area (Å²) in [5, 5.41) is 14.4. The maximum absolute atomic E-state index is 11.8. The molecule has 108 valence electrons. The number of nitrogens with zero attached hydrogens (tertiary/aromatic N) is 1. The number of amides is 2. The van der Waals surface area contributed by atoms with Crippen molar-refractivity contribution < 1.29 is 14.7 Å². The van der Waals surface area contributed by atoms with Crippen molar-refractivity contribution in [2.45, 2.75) is 32.2 Å². The molecule has 2 atom stereocenters. The summed E-state index contributed by atoms with van der Waals surface area (Å²) in [5.41, 5.74) is 0. The number of carboxylic acid groups (broad SMARTS) is 1. The van der Waals surface area contributed by atoms with Gasteiger partial charge in [-0.05, 0) is 37.8 Å². The van der Waals surface area contributed by atoms with Gasteiger partial charge in [0.05, 0.1) is 0 Å². The van der Waals surface area contributed by atoms with Gasteiger partial charge in [0.1, 0.15) is 0 Å².